The molecule has 0 spiro atoms. The monoisotopic (exact) mass is 583 g/mol. The lowest BCUT2D eigenvalue weighted by atomic mass is 10.1. The lowest BCUT2D eigenvalue weighted by Gasteiger charge is -2.26. The number of nitrogens with zero attached hydrogens (tertiary/aromatic N) is 5. The van der Waals surface area contributed by atoms with Crippen LogP contribution in [0, 0.1) is 0 Å². The van der Waals surface area contributed by atoms with Crippen molar-refractivity contribution in [2.45, 2.75) is 72.3 Å². The lowest BCUT2D eigenvalue weighted by molar-refractivity contribution is 0.217. The number of rotatable bonds is 7. The molecule has 43 heavy (non-hydrogen) atoms. The quantitative estimate of drug-likeness (QED) is 0.272. The van der Waals surface area contributed by atoms with E-state index in [1.165, 1.54) is 19.3 Å². The van der Waals surface area contributed by atoms with Crippen molar-refractivity contribution in [3.63, 3.8) is 0 Å². The van der Waals surface area contributed by atoms with Crippen LogP contribution in [0.5, 0.6) is 0 Å². The number of aryl methyl sites for hydroxylation is 2. The second kappa shape index (κ2) is 13.3. The van der Waals surface area contributed by atoms with Gasteiger partial charge in [-0.3, -0.25) is 19.4 Å². The summed E-state index contributed by atoms with van der Waals surface area (Å²) in [5.74, 6) is 0.111. The maximum Gasteiger partial charge on any atom is 0.275 e. The summed E-state index contributed by atoms with van der Waals surface area (Å²) in [6.07, 6.45) is 12.4. The molecule has 1 unspecified atom stereocenters. The minimum atomic E-state index is -0.411. The second-order valence-electron chi connectivity index (χ2n) is 10.7. The fraction of sp³-hybridized carbons (Fsp3) is 0.424. The first-order valence-corrected chi connectivity index (χ1v) is 15.5. The van der Waals surface area contributed by atoms with Crippen molar-refractivity contribution in [1.82, 2.24) is 34.6 Å². The van der Waals surface area contributed by atoms with Gasteiger partial charge in [-0.15, -0.1) is 0 Å². The molecule has 1 aliphatic carbocycles. The molecule has 0 saturated carbocycles. The van der Waals surface area contributed by atoms with Crippen molar-refractivity contribution in [3.05, 3.63) is 85.7 Å². The van der Waals surface area contributed by atoms with E-state index < -0.39 is 5.56 Å². The van der Waals surface area contributed by atoms with E-state index in [2.05, 4.69) is 38.8 Å². The zero-order valence-corrected chi connectivity index (χ0v) is 25.5. The molecule has 1 fully saturated rings. The first-order valence-electron chi connectivity index (χ1n) is 15.5. The highest BCUT2D eigenvalue weighted by molar-refractivity contribution is 5.92. The fourth-order valence-corrected chi connectivity index (χ4v) is 5.81. The minimum Gasteiger partial charge on any atom is -0.506 e. The van der Waals surface area contributed by atoms with Crippen LogP contribution >= 0.6 is 0 Å². The van der Waals surface area contributed by atoms with Crippen LogP contribution in [0.1, 0.15) is 81.3 Å². The number of benzene rings is 1. The SMILES string of the molecule is CC.CCc1cnc(C2C=Cc3[nH]c(=O)c(-c4cccc5c(=O)n(CCN6CCCCC6)[nH]c45)nc3C(O)=C2)nc1CC. The van der Waals surface area contributed by atoms with Gasteiger partial charge in [0.15, 0.2) is 0 Å². The van der Waals surface area contributed by atoms with Gasteiger partial charge in [-0.25, -0.2) is 15.0 Å². The predicted octanol–water partition coefficient (Wildman–Crippen LogP) is 5.22. The number of likely N-dealkylation sites (tertiary alicyclic amines) is 1. The predicted molar refractivity (Wildman–Crippen MR) is 171 cm³/mol. The number of para-hydroxylation sites is 1. The van der Waals surface area contributed by atoms with Crippen LogP contribution in [0.3, 0.4) is 0 Å². The first-order chi connectivity index (χ1) is 21.0. The number of aromatic amines is 2. The standard InChI is InChI=1S/C31H35N7O3.C2H6/c1-3-19-18-32-29(33-23(19)4-2)20-11-12-24-28(25(39)17-20)35-27(30(40)34-24)21-9-8-10-22-26(21)36-38(31(22)41)16-15-37-13-6-5-7-14-37;1-2/h8-12,17-18,20,36,39H,3-7,13-16H2,1-2H3,(H,34,40);1-2H3. The molecule has 10 heteroatoms. The van der Waals surface area contributed by atoms with Crippen molar-refractivity contribution in [2.75, 3.05) is 19.6 Å². The van der Waals surface area contributed by atoms with E-state index in [4.69, 9.17) is 4.98 Å². The van der Waals surface area contributed by atoms with Crippen LogP contribution in [0.15, 0.2) is 46.1 Å². The highest BCUT2D eigenvalue weighted by Crippen LogP contribution is 2.29. The molecule has 1 aliphatic heterocycles. The van der Waals surface area contributed by atoms with Crippen molar-refractivity contribution >= 4 is 22.7 Å². The summed E-state index contributed by atoms with van der Waals surface area (Å²) in [7, 11) is 0. The topological polar surface area (TPSA) is 133 Å². The number of allylic oxidation sites excluding steroid dienone is 2. The van der Waals surface area contributed by atoms with Crippen molar-refractivity contribution in [1.29, 1.82) is 0 Å². The Kier molecular flexibility index (Phi) is 9.35. The third kappa shape index (κ3) is 6.10. The zero-order chi connectivity index (χ0) is 30.5. The van der Waals surface area contributed by atoms with Crippen LogP contribution in [0.4, 0.5) is 0 Å². The van der Waals surface area contributed by atoms with E-state index in [1.54, 1.807) is 35.0 Å². The molecule has 0 radical (unpaired) electrons. The number of aromatic nitrogens is 6. The van der Waals surface area contributed by atoms with Crippen molar-refractivity contribution in [2.24, 2.45) is 0 Å². The summed E-state index contributed by atoms with van der Waals surface area (Å²) in [5, 5.41) is 14.9. The third-order valence-corrected chi connectivity index (χ3v) is 8.11. The summed E-state index contributed by atoms with van der Waals surface area (Å²) < 4.78 is 1.61. The Morgan fingerprint density at radius 3 is 2.53 bits per heavy atom. The number of nitrogens with one attached hydrogen (secondary N) is 2. The molecule has 1 saturated heterocycles. The van der Waals surface area contributed by atoms with Gasteiger partial charge in [-0.05, 0) is 62.6 Å². The van der Waals surface area contributed by atoms with E-state index in [0.29, 0.717) is 34.5 Å². The molecule has 4 aromatic rings. The smallest absolute Gasteiger partial charge is 0.275 e. The molecule has 2 aliphatic rings. The number of hydrogen-bond acceptors (Lipinski definition) is 7. The van der Waals surface area contributed by atoms with Crippen LogP contribution in [0.25, 0.3) is 34.0 Å². The normalized spacial score (nSPS) is 16.7. The number of piperidine rings is 1. The molecule has 1 aromatic carbocycles. The average molecular weight is 584 g/mol. The molecule has 3 aromatic heterocycles. The molecule has 0 amide bonds. The van der Waals surface area contributed by atoms with Gasteiger partial charge in [-0.1, -0.05) is 52.3 Å². The van der Waals surface area contributed by atoms with Gasteiger partial charge in [0.25, 0.3) is 11.1 Å². The van der Waals surface area contributed by atoms with Crippen molar-refractivity contribution in [3.8, 4) is 11.3 Å². The van der Waals surface area contributed by atoms with E-state index in [1.807, 2.05) is 26.1 Å². The molecular weight excluding hydrogens is 542 g/mol. The summed E-state index contributed by atoms with van der Waals surface area (Å²) >= 11 is 0. The van der Waals surface area contributed by atoms with E-state index in [-0.39, 0.29) is 28.6 Å². The Labute approximate surface area is 251 Å². The molecule has 6 rings (SSSR count). The van der Waals surface area contributed by atoms with Crippen LogP contribution in [-0.4, -0.2) is 59.4 Å². The van der Waals surface area contributed by atoms with Crippen molar-refractivity contribution < 1.29 is 5.11 Å². The Morgan fingerprint density at radius 1 is 1.00 bits per heavy atom. The molecule has 4 heterocycles. The van der Waals surface area contributed by atoms with Crippen LogP contribution in [0.2, 0.25) is 0 Å². The first kappa shape index (κ1) is 30.2. The minimum absolute atomic E-state index is 0.0755. The Bertz CT molecular complexity index is 1770. The van der Waals surface area contributed by atoms with E-state index in [0.717, 1.165) is 43.7 Å². The fourth-order valence-electron chi connectivity index (χ4n) is 5.81. The van der Waals surface area contributed by atoms with Gasteiger partial charge < -0.3 is 15.0 Å². The number of H-pyrrole nitrogens is 2. The summed E-state index contributed by atoms with van der Waals surface area (Å²) in [6, 6.07) is 5.28. The number of aliphatic hydroxyl groups is 1. The molecule has 3 N–H and O–H groups in total. The molecular formula is C33H41N7O3. The lowest BCUT2D eigenvalue weighted by Crippen LogP contribution is -2.34. The average Bonchev–Trinajstić information content (AvgIpc) is 3.28. The summed E-state index contributed by atoms with van der Waals surface area (Å²) in [5.41, 5.74) is 3.39. The Balaban J connectivity index is 0.00000180. The van der Waals surface area contributed by atoms with Crippen LogP contribution in [-0.2, 0) is 19.4 Å². The van der Waals surface area contributed by atoms with Gasteiger partial charge in [0, 0.05) is 24.0 Å². The zero-order valence-electron chi connectivity index (χ0n) is 25.5. The third-order valence-electron chi connectivity index (χ3n) is 8.11. The highest BCUT2D eigenvalue weighted by Gasteiger charge is 2.22. The molecule has 226 valence electrons. The van der Waals surface area contributed by atoms with E-state index >= 15 is 0 Å². The van der Waals surface area contributed by atoms with Crippen LogP contribution < -0.4 is 11.1 Å². The molecule has 10 nitrogen and oxygen atoms in total. The van der Waals surface area contributed by atoms with Gasteiger partial charge in [0.1, 0.15) is 23.0 Å². The van der Waals surface area contributed by atoms with Gasteiger partial charge >= 0.3 is 0 Å². The molecule has 0 bridgehead atoms. The number of fused-ring (bicyclic) bond motifs is 2. The highest BCUT2D eigenvalue weighted by atomic mass is 16.3. The Morgan fingerprint density at radius 2 is 1.79 bits per heavy atom. The van der Waals surface area contributed by atoms with Gasteiger partial charge in [0.05, 0.1) is 29.1 Å². The largest absolute Gasteiger partial charge is 0.506 e. The Hall–Kier alpha value is -4.31. The van der Waals surface area contributed by atoms with E-state index in [9.17, 15) is 14.7 Å². The number of hydrogen-bond donors (Lipinski definition) is 3. The number of aliphatic hydroxyl groups excluding tert-OH is 1. The molecule has 1 atom stereocenters. The van der Waals surface area contributed by atoms with Gasteiger partial charge in [0.2, 0.25) is 0 Å². The van der Waals surface area contributed by atoms with Gasteiger partial charge in [-0.2, -0.15) is 0 Å². The maximum absolute atomic E-state index is 13.3. The summed E-state index contributed by atoms with van der Waals surface area (Å²) in [6.45, 7) is 11.6. The maximum atomic E-state index is 13.3. The second-order valence-corrected chi connectivity index (χ2v) is 10.7. The summed E-state index contributed by atoms with van der Waals surface area (Å²) in [4.78, 5) is 45.7.